The molecule has 0 aromatic heterocycles. The van der Waals surface area contributed by atoms with Gasteiger partial charge in [0.2, 0.25) is 0 Å². The lowest BCUT2D eigenvalue weighted by Gasteiger charge is -2.10. The molecule has 0 atom stereocenters. The van der Waals surface area contributed by atoms with Crippen molar-refractivity contribution in [3.8, 4) is 0 Å². The van der Waals surface area contributed by atoms with E-state index < -0.39 is 27.8 Å². The first-order valence-corrected chi connectivity index (χ1v) is 3.53. The van der Waals surface area contributed by atoms with Gasteiger partial charge in [0, 0.05) is 17.7 Å². The summed E-state index contributed by atoms with van der Waals surface area (Å²) < 4.78 is 13.0. The Morgan fingerprint density at radius 1 is 1.57 bits per heavy atom. The van der Waals surface area contributed by atoms with E-state index in [4.69, 9.17) is 5.73 Å². The molecular formula is C8H6FN2O3-. The summed E-state index contributed by atoms with van der Waals surface area (Å²) >= 11 is 0. The molecule has 6 heteroatoms. The highest BCUT2D eigenvalue weighted by atomic mass is 19.1. The molecule has 0 heterocycles. The van der Waals surface area contributed by atoms with Gasteiger partial charge in [0.25, 0.3) is 5.69 Å². The smallest absolute Gasteiger partial charge is 0.292 e. The number of nitrogens with zero attached hydrogens (tertiary/aromatic N) is 1. The maximum absolute atomic E-state index is 13.0. The zero-order valence-corrected chi connectivity index (χ0v) is 6.99. The minimum atomic E-state index is -0.909. The number of nitrogen functional groups attached to an aromatic ring is 1. The van der Waals surface area contributed by atoms with E-state index in [1.54, 1.807) is 0 Å². The number of benzene rings is 1. The van der Waals surface area contributed by atoms with Crippen molar-refractivity contribution in [2.75, 3.05) is 5.73 Å². The summed E-state index contributed by atoms with van der Waals surface area (Å²) in [5.41, 5.74) is 3.92. The Bertz CT molecular complexity index is 382. The fourth-order valence-corrected chi connectivity index (χ4v) is 0.949. The van der Waals surface area contributed by atoms with Crippen LogP contribution in [0.15, 0.2) is 18.7 Å². The molecule has 0 fully saturated rings. The van der Waals surface area contributed by atoms with E-state index in [0.717, 1.165) is 12.1 Å². The average Bonchev–Trinajstić information content (AvgIpc) is 2.02. The molecule has 0 aliphatic carbocycles. The Morgan fingerprint density at radius 3 is 2.57 bits per heavy atom. The zero-order valence-electron chi connectivity index (χ0n) is 6.99. The second-order valence-corrected chi connectivity index (χ2v) is 2.57. The topological polar surface area (TPSA) is 92.2 Å². The van der Waals surface area contributed by atoms with Crippen molar-refractivity contribution in [1.29, 1.82) is 0 Å². The van der Waals surface area contributed by atoms with E-state index in [-0.39, 0.29) is 5.69 Å². The molecule has 0 spiro atoms. The lowest BCUT2D eigenvalue weighted by atomic mass is 10.1. The van der Waals surface area contributed by atoms with Crippen LogP contribution in [0.3, 0.4) is 0 Å². The van der Waals surface area contributed by atoms with Gasteiger partial charge in [-0.15, -0.1) is 12.3 Å². The minimum Gasteiger partial charge on any atom is -0.872 e. The van der Waals surface area contributed by atoms with Gasteiger partial charge in [-0.2, -0.15) is 0 Å². The monoisotopic (exact) mass is 197 g/mol. The summed E-state index contributed by atoms with van der Waals surface area (Å²) in [6, 6.07) is 1.51. The van der Waals surface area contributed by atoms with Crippen LogP contribution >= 0.6 is 0 Å². The first-order chi connectivity index (χ1) is 6.43. The van der Waals surface area contributed by atoms with Crippen molar-refractivity contribution in [3.05, 3.63) is 40.2 Å². The van der Waals surface area contributed by atoms with Crippen LogP contribution in [0.1, 0.15) is 5.56 Å². The van der Waals surface area contributed by atoms with Gasteiger partial charge in [-0.05, 0) is 0 Å². The third-order valence-electron chi connectivity index (χ3n) is 1.61. The fraction of sp³-hybridized carbons (Fsp3) is 0. The van der Waals surface area contributed by atoms with Crippen molar-refractivity contribution in [1.82, 2.24) is 0 Å². The lowest BCUT2D eigenvalue weighted by Crippen LogP contribution is -2.05. The molecule has 1 aromatic rings. The van der Waals surface area contributed by atoms with Crippen molar-refractivity contribution < 1.29 is 14.4 Å². The van der Waals surface area contributed by atoms with Crippen LogP contribution < -0.4 is 10.8 Å². The van der Waals surface area contributed by atoms with Crippen LogP contribution in [0, 0.1) is 15.9 Å². The summed E-state index contributed by atoms with van der Waals surface area (Å²) in [5.74, 6) is -1.74. The Hall–Kier alpha value is -2.11. The first-order valence-electron chi connectivity index (χ1n) is 3.53. The molecule has 14 heavy (non-hydrogen) atoms. The van der Waals surface area contributed by atoms with Crippen molar-refractivity contribution >= 4 is 17.1 Å². The van der Waals surface area contributed by atoms with Gasteiger partial charge in [-0.3, -0.25) is 10.1 Å². The molecule has 2 N–H and O–H groups in total. The third kappa shape index (κ3) is 1.63. The van der Waals surface area contributed by atoms with E-state index in [1.807, 2.05) is 0 Å². The molecule has 0 saturated heterocycles. The van der Waals surface area contributed by atoms with E-state index in [0.29, 0.717) is 0 Å². The highest BCUT2D eigenvalue weighted by Gasteiger charge is 2.15. The van der Waals surface area contributed by atoms with Crippen LogP contribution in [0.4, 0.5) is 15.8 Å². The number of nitro benzene ring substituents is 1. The molecule has 1 rings (SSSR count). The molecule has 1 aromatic carbocycles. The van der Waals surface area contributed by atoms with Gasteiger partial charge in [-0.25, -0.2) is 4.39 Å². The maximum Gasteiger partial charge on any atom is 0.292 e. The van der Waals surface area contributed by atoms with Crippen molar-refractivity contribution in [2.24, 2.45) is 0 Å². The first kappa shape index (κ1) is 9.97. The van der Waals surface area contributed by atoms with Crippen molar-refractivity contribution in [3.63, 3.8) is 0 Å². The van der Waals surface area contributed by atoms with Gasteiger partial charge >= 0.3 is 0 Å². The predicted octanol–water partition coefficient (Wildman–Crippen LogP) is 0.647. The number of hydrogen-bond acceptors (Lipinski definition) is 4. The second kappa shape index (κ2) is 3.33. The molecule has 0 amide bonds. The van der Waals surface area contributed by atoms with E-state index in [1.165, 1.54) is 0 Å². The number of anilines is 1. The van der Waals surface area contributed by atoms with Crippen LogP contribution in [0.5, 0.6) is 0 Å². The number of nitrogens with two attached hydrogens (primary N) is 1. The van der Waals surface area contributed by atoms with Gasteiger partial charge in [0.1, 0.15) is 11.5 Å². The number of nitro groups is 1. The van der Waals surface area contributed by atoms with Crippen LogP contribution in [-0.2, 0) is 0 Å². The Kier molecular flexibility index (Phi) is 2.37. The van der Waals surface area contributed by atoms with E-state index in [2.05, 4.69) is 6.58 Å². The summed E-state index contributed by atoms with van der Waals surface area (Å²) in [6.45, 7) is 2.96. The Morgan fingerprint density at radius 2 is 2.14 bits per heavy atom. The number of halogens is 1. The van der Waals surface area contributed by atoms with Crippen LogP contribution in [0.2, 0.25) is 0 Å². The predicted molar refractivity (Wildman–Crippen MR) is 46.5 cm³/mol. The minimum absolute atomic E-state index is 0.322. The molecule has 0 unspecified atom stereocenters. The van der Waals surface area contributed by atoms with E-state index in [9.17, 15) is 19.6 Å². The normalized spacial score (nSPS) is 9.79. The molecule has 0 aliphatic heterocycles. The Balaban J connectivity index is 3.42. The van der Waals surface area contributed by atoms with Crippen LogP contribution in [0.25, 0.3) is 5.76 Å². The maximum atomic E-state index is 13.0. The third-order valence-corrected chi connectivity index (χ3v) is 1.61. The van der Waals surface area contributed by atoms with Crippen LogP contribution in [-0.4, -0.2) is 4.92 Å². The summed E-state index contributed by atoms with van der Waals surface area (Å²) in [6.07, 6.45) is 0. The van der Waals surface area contributed by atoms with Gasteiger partial charge in [0.15, 0.2) is 0 Å². The molecule has 5 nitrogen and oxygen atoms in total. The SMILES string of the molecule is C=C([O-])c1cc([N+](=O)[O-])c(N)cc1F. The lowest BCUT2D eigenvalue weighted by molar-refractivity contribution is -0.384. The quantitative estimate of drug-likeness (QED) is 0.326. The molecule has 74 valence electrons. The van der Waals surface area contributed by atoms with Gasteiger partial charge in [-0.1, -0.05) is 0 Å². The van der Waals surface area contributed by atoms with Crippen molar-refractivity contribution in [2.45, 2.75) is 0 Å². The van der Waals surface area contributed by atoms with Gasteiger partial charge < -0.3 is 10.8 Å². The molecule has 0 saturated carbocycles. The summed E-state index contributed by atoms with van der Waals surface area (Å²) in [7, 11) is 0. The molecule has 0 aliphatic rings. The van der Waals surface area contributed by atoms with E-state index >= 15 is 0 Å². The second-order valence-electron chi connectivity index (χ2n) is 2.57. The Labute approximate surface area is 78.4 Å². The molecule has 0 radical (unpaired) electrons. The average molecular weight is 197 g/mol. The van der Waals surface area contributed by atoms with Gasteiger partial charge in [0.05, 0.1) is 4.92 Å². The summed E-state index contributed by atoms with van der Waals surface area (Å²) in [5, 5.41) is 21.1. The summed E-state index contributed by atoms with van der Waals surface area (Å²) in [4.78, 5) is 9.59. The standard InChI is InChI=1S/C8H7FN2O3/c1-4(12)5-2-8(11(13)14)7(10)3-6(5)9/h2-3,12H,1,10H2/p-1. The number of hydrogen-bond donors (Lipinski definition) is 1. The fourth-order valence-electron chi connectivity index (χ4n) is 0.949. The largest absolute Gasteiger partial charge is 0.872 e. The zero-order chi connectivity index (χ0) is 10.9. The molecule has 0 bridgehead atoms. The number of rotatable bonds is 2. The highest BCUT2D eigenvalue weighted by Crippen LogP contribution is 2.26. The molecular weight excluding hydrogens is 191 g/mol. The highest BCUT2D eigenvalue weighted by molar-refractivity contribution is 5.67.